The Hall–Kier alpha value is -2.60. The second-order valence-corrected chi connectivity index (χ2v) is 7.83. The van der Waals surface area contributed by atoms with Gasteiger partial charge in [0.15, 0.2) is 0 Å². The summed E-state index contributed by atoms with van der Waals surface area (Å²) in [7, 11) is 0. The number of fused-ring (bicyclic) bond motifs is 1. The molecular weight excluding hydrogens is 366 g/mol. The van der Waals surface area contributed by atoms with Crippen molar-refractivity contribution in [3.05, 3.63) is 52.3 Å². The Balaban J connectivity index is 1.75. The summed E-state index contributed by atoms with van der Waals surface area (Å²) in [4.78, 5) is 30.5. The maximum atomic E-state index is 12.5. The first-order valence-electron chi connectivity index (χ1n) is 8.72. The quantitative estimate of drug-likeness (QED) is 0.765. The van der Waals surface area contributed by atoms with Crippen LogP contribution >= 0.6 is 11.6 Å². The number of nitrogens with zero attached hydrogens (tertiary/aromatic N) is 2. The highest BCUT2D eigenvalue weighted by Crippen LogP contribution is 2.32. The standard InChI is InChI=1S/C20H22ClN3O3/c1-12-5-7-15(17(21)22-12)18(25)23-14-6-8-16-13(11-14)9-10-24(16)19(26)27-20(2,3)4/h5-8,11H,9-10H2,1-4H3,(H,23,25). The molecule has 0 saturated carbocycles. The smallest absolute Gasteiger partial charge is 0.414 e. The van der Waals surface area contributed by atoms with Gasteiger partial charge >= 0.3 is 6.09 Å². The van der Waals surface area contributed by atoms with Crippen LogP contribution in [0.15, 0.2) is 30.3 Å². The van der Waals surface area contributed by atoms with Crippen molar-refractivity contribution in [3.63, 3.8) is 0 Å². The van der Waals surface area contributed by atoms with Gasteiger partial charge in [0.2, 0.25) is 0 Å². The highest BCUT2D eigenvalue weighted by atomic mass is 35.5. The second kappa shape index (κ2) is 7.19. The van der Waals surface area contributed by atoms with Crippen LogP contribution in [0, 0.1) is 6.92 Å². The van der Waals surface area contributed by atoms with Crippen molar-refractivity contribution in [2.24, 2.45) is 0 Å². The number of benzene rings is 1. The zero-order chi connectivity index (χ0) is 19.8. The Morgan fingerprint density at radius 3 is 2.63 bits per heavy atom. The molecule has 1 aromatic heterocycles. The Morgan fingerprint density at radius 2 is 1.96 bits per heavy atom. The van der Waals surface area contributed by atoms with Gasteiger partial charge in [0.25, 0.3) is 5.91 Å². The molecule has 2 aromatic rings. The van der Waals surface area contributed by atoms with Crippen LogP contribution in [-0.4, -0.2) is 29.1 Å². The highest BCUT2D eigenvalue weighted by Gasteiger charge is 2.29. The largest absolute Gasteiger partial charge is 0.443 e. The summed E-state index contributed by atoms with van der Waals surface area (Å²) < 4.78 is 5.45. The molecule has 0 unspecified atom stereocenters. The minimum atomic E-state index is -0.547. The number of hydrogen-bond donors (Lipinski definition) is 1. The average Bonchev–Trinajstić information content (AvgIpc) is 2.96. The molecule has 0 spiro atoms. The zero-order valence-electron chi connectivity index (χ0n) is 15.8. The third-order valence-corrected chi connectivity index (χ3v) is 4.37. The van der Waals surface area contributed by atoms with Crippen molar-refractivity contribution in [2.75, 3.05) is 16.8 Å². The molecule has 1 aromatic carbocycles. The number of ether oxygens (including phenoxy) is 1. The number of aromatic nitrogens is 1. The van der Waals surface area contributed by atoms with Crippen LogP contribution in [0.5, 0.6) is 0 Å². The highest BCUT2D eigenvalue weighted by molar-refractivity contribution is 6.33. The van der Waals surface area contributed by atoms with Crippen LogP contribution in [0.25, 0.3) is 0 Å². The molecule has 1 aliphatic heterocycles. The van der Waals surface area contributed by atoms with Crippen LogP contribution in [0.4, 0.5) is 16.2 Å². The lowest BCUT2D eigenvalue weighted by Crippen LogP contribution is -2.35. The molecule has 0 radical (unpaired) electrons. The molecule has 6 nitrogen and oxygen atoms in total. The van der Waals surface area contributed by atoms with Gasteiger partial charge in [-0.1, -0.05) is 11.6 Å². The van der Waals surface area contributed by atoms with E-state index in [2.05, 4.69) is 10.3 Å². The first kappa shape index (κ1) is 19.2. The van der Waals surface area contributed by atoms with E-state index in [9.17, 15) is 9.59 Å². The molecule has 7 heteroatoms. The topological polar surface area (TPSA) is 71.5 Å². The molecule has 0 bridgehead atoms. The van der Waals surface area contributed by atoms with Crippen molar-refractivity contribution >= 4 is 35.0 Å². The molecule has 0 saturated heterocycles. The lowest BCUT2D eigenvalue weighted by molar-refractivity contribution is 0.0584. The summed E-state index contributed by atoms with van der Waals surface area (Å²) in [6, 6.07) is 8.83. The summed E-state index contributed by atoms with van der Waals surface area (Å²) in [5.74, 6) is -0.325. The number of aryl methyl sites for hydroxylation is 1. The molecule has 27 heavy (non-hydrogen) atoms. The number of anilines is 2. The van der Waals surface area contributed by atoms with E-state index in [4.69, 9.17) is 16.3 Å². The van der Waals surface area contributed by atoms with E-state index in [1.165, 1.54) is 0 Å². The number of hydrogen-bond acceptors (Lipinski definition) is 4. The van der Waals surface area contributed by atoms with Crippen LogP contribution in [0.2, 0.25) is 5.15 Å². The third-order valence-electron chi connectivity index (χ3n) is 4.08. The average molecular weight is 388 g/mol. The monoisotopic (exact) mass is 387 g/mol. The third kappa shape index (κ3) is 4.39. The predicted molar refractivity (Wildman–Crippen MR) is 106 cm³/mol. The van der Waals surface area contributed by atoms with Crippen LogP contribution in [0.1, 0.15) is 42.4 Å². The van der Waals surface area contributed by atoms with E-state index in [0.717, 1.165) is 16.9 Å². The van der Waals surface area contributed by atoms with Crippen LogP contribution in [0.3, 0.4) is 0 Å². The first-order chi connectivity index (χ1) is 12.6. The zero-order valence-corrected chi connectivity index (χ0v) is 16.6. The lowest BCUT2D eigenvalue weighted by atomic mass is 10.1. The number of halogens is 1. The van der Waals surface area contributed by atoms with Gasteiger partial charge in [-0.25, -0.2) is 9.78 Å². The summed E-state index contributed by atoms with van der Waals surface area (Å²) in [6.07, 6.45) is 0.334. The fraction of sp³-hybridized carbons (Fsp3) is 0.350. The number of amides is 2. The second-order valence-electron chi connectivity index (χ2n) is 7.47. The van der Waals surface area contributed by atoms with Gasteiger partial charge in [0.1, 0.15) is 10.8 Å². The van der Waals surface area contributed by atoms with Crippen molar-refractivity contribution in [1.29, 1.82) is 0 Å². The van der Waals surface area contributed by atoms with Gasteiger partial charge in [-0.15, -0.1) is 0 Å². The molecule has 0 fully saturated rings. The molecular formula is C20H22ClN3O3. The molecule has 3 rings (SSSR count). The Bertz CT molecular complexity index is 906. The SMILES string of the molecule is Cc1ccc(C(=O)Nc2ccc3c(c2)CCN3C(=O)OC(C)(C)C)c(Cl)n1. The Labute approximate surface area is 163 Å². The summed E-state index contributed by atoms with van der Waals surface area (Å²) in [5.41, 5.74) is 2.94. The number of pyridine rings is 1. The van der Waals surface area contributed by atoms with Gasteiger partial charge in [-0.3, -0.25) is 9.69 Å². The molecule has 2 amide bonds. The summed E-state index contributed by atoms with van der Waals surface area (Å²) >= 11 is 6.06. The van der Waals surface area contributed by atoms with Gasteiger partial charge in [0, 0.05) is 17.9 Å². The van der Waals surface area contributed by atoms with E-state index in [0.29, 0.717) is 24.2 Å². The van der Waals surface area contributed by atoms with Crippen molar-refractivity contribution in [3.8, 4) is 0 Å². The normalized spacial score (nSPS) is 13.3. The Morgan fingerprint density at radius 1 is 1.22 bits per heavy atom. The fourth-order valence-electron chi connectivity index (χ4n) is 2.88. The van der Waals surface area contributed by atoms with E-state index < -0.39 is 5.60 Å². The van der Waals surface area contributed by atoms with Gasteiger partial charge in [-0.2, -0.15) is 0 Å². The van der Waals surface area contributed by atoms with Crippen molar-refractivity contribution < 1.29 is 14.3 Å². The fourth-order valence-corrected chi connectivity index (χ4v) is 3.16. The summed E-state index contributed by atoms with van der Waals surface area (Å²) in [5, 5.41) is 3.00. The maximum absolute atomic E-state index is 12.5. The molecule has 2 heterocycles. The van der Waals surface area contributed by atoms with E-state index in [1.54, 1.807) is 23.1 Å². The molecule has 1 N–H and O–H groups in total. The lowest BCUT2D eigenvalue weighted by Gasteiger charge is -2.24. The minimum Gasteiger partial charge on any atom is -0.443 e. The van der Waals surface area contributed by atoms with E-state index in [-0.39, 0.29) is 17.2 Å². The number of nitrogens with one attached hydrogen (secondary N) is 1. The summed E-state index contributed by atoms with van der Waals surface area (Å²) in [6.45, 7) is 7.88. The molecule has 0 atom stereocenters. The van der Waals surface area contributed by atoms with Gasteiger partial charge in [-0.05, 0) is 70.0 Å². The van der Waals surface area contributed by atoms with Gasteiger partial charge in [0.05, 0.1) is 11.3 Å². The van der Waals surface area contributed by atoms with Crippen LogP contribution < -0.4 is 10.2 Å². The number of carbonyl (C=O) groups excluding carboxylic acids is 2. The minimum absolute atomic E-state index is 0.171. The number of carbonyl (C=O) groups is 2. The first-order valence-corrected chi connectivity index (χ1v) is 9.10. The maximum Gasteiger partial charge on any atom is 0.414 e. The number of rotatable bonds is 2. The van der Waals surface area contributed by atoms with Crippen molar-refractivity contribution in [2.45, 2.75) is 39.7 Å². The Kier molecular flexibility index (Phi) is 5.11. The van der Waals surface area contributed by atoms with E-state index in [1.807, 2.05) is 39.8 Å². The molecule has 142 valence electrons. The molecule has 0 aliphatic carbocycles. The van der Waals surface area contributed by atoms with E-state index >= 15 is 0 Å². The molecule has 1 aliphatic rings. The van der Waals surface area contributed by atoms with Gasteiger partial charge < -0.3 is 10.1 Å². The van der Waals surface area contributed by atoms with Crippen molar-refractivity contribution in [1.82, 2.24) is 4.98 Å². The van der Waals surface area contributed by atoms with Crippen LogP contribution in [-0.2, 0) is 11.2 Å². The predicted octanol–water partition coefficient (Wildman–Crippen LogP) is 4.59.